The highest BCUT2D eigenvalue weighted by Gasteiger charge is 2.14. The third-order valence-electron chi connectivity index (χ3n) is 3.85. The quantitative estimate of drug-likeness (QED) is 0.383. The van der Waals surface area contributed by atoms with Gasteiger partial charge in [-0.2, -0.15) is 0 Å². The van der Waals surface area contributed by atoms with Crippen LogP contribution in [0.1, 0.15) is 18.5 Å². The molecule has 5 nitrogen and oxygen atoms in total. The lowest BCUT2D eigenvalue weighted by molar-refractivity contribution is -0.119. The Labute approximate surface area is 159 Å². The van der Waals surface area contributed by atoms with Gasteiger partial charge in [-0.1, -0.05) is 48.2 Å². The topological polar surface area (TPSA) is 64.0 Å². The van der Waals surface area contributed by atoms with Crippen molar-refractivity contribution >= 4 is 39.2 Å². The van der Waals surface area contributed by atoms with Crippen LogP contribution < -0.4 is 10.9 Å². The molecule has 26 heavy (non-hydrogen) atoms. The largest absolute Gasteiger partial charge is 0.349 e. The first-order chi connectivity index (χ1) is 12.6. The van der Waals surface area contributed by atoms with Gasteiger partial charge in [-0.3, -0.25) is 14.2 Å². The molecule has 0 radical (unpaired) electrons. The summed E-state index contributed by atoms with van der Waals surface area (Å²) in [6.07, 6.45) is 1.66. The maximum absolute atomic E-state index is 12.6. The molecular formula is C19H19N3O2S2. The fourth-order valence-corrected chi connectivity index (χ4v) is 4.16. The number of carbonyl (C=O) groups excluding carboxylic acids is 1. The number of fused-ring (bicyclic) bond motifs is 1. The predicted octanol–water partition coefficient (Wildman–Crippen LogP) is 3.61. The van der Waals surface area contributed by atoms with Gasteiger partial charge in [0, 0.05) is 6.54 Å². The van der Waals surface area contributed by atoms with Crippen LogP contribution in [0.3, 0.4) is 0 Å². The predicted molar refractivity (Wildman–Crippen MR) is 108 cm³/mol. The van der Waals surface area contributed by atoms with Crippen molar-refractivity contribution in [2.24, 2.45) is 0 Å². The lowest BCUT2D eigenvalue weighted by atomic mass is 10.1. The molecule has 2 aromatic heterocycles. The number of nitrogens with one attached hydrogen (secondary N) is 1. The lowest BCUT2D eigenvalue weighted by Crippen LogP contribution is -2.29. The summed E-state index contributed by atoms with van der Waals surface area (Å²) in [5.74, 6) is 0.0901. The van der Waals surface area contributed by atoms with Crippen LogP contribution in [-0.2, 0) is 11.3 Å². The Balaban J connectivity index is 1.72. The summed E-state index contributed by atoms with van der Waals surface area (Å²) < 4.78 is 2.18. The normalized spacial score (nSPS) is 12.0. The van der Waals surface area contributed by atoms with Gasteiger partial charge in [0.05, 0.1) is 17.3 Å². The second kappa shape index (κ2) is 8.33. The Bertz CT molecular complexity index is 979. The summed E-state index contributed by atoms with van der Waals surface area (Å²) in [4.78, 5) is 29.4. The molecular weight excluding hydrogens is 366 g/mol. The molecule has 0 unspecified atom stereocenters. The number of hydrogen-bond donors (Lipinski definition) is 1. The molecule has 0 spiro atoms. The molecule has 0 aliphatic rings. The van der Waals surface area contributed by atoms with Crippen molar-refractivity contribution in [1.29, 1.82) is 0 Å². The Kier molecular flexibility index (Phi) is 5.90. The summed E-state index contributed by atoms with van der Waals surface area (Å²) in [7, 11) is 0. The molecule has 2 heterocycles. The number of thioether (sulfide) groups is 1. The first-order valence-electron chi connectivity index (χ1n) is 8.16. The lowest BCUT2D eigenvalue weighted by Gasteiger charge is -2.14. The molecule has 0 bridgehead atoms. The van der Waals surface area contributed by atoms with Crippen LogP contribution in [0, 0.1) is 0 Å². The van der Waals surface area contributed by atoms with Crippen molar-refractivity contribution in [2.75, 3.05) is 5.75 Å². The summed E-state index contributed by atoms with van der Waals surface area (Å²) in [6.45, 7) is 6.01. The van der Waals surface area contributed by atoms with Gasteiger partial charge in [-0.25, -0.2) is 4.98 Å². The van der Waals surface area contributed by atoms with E-state index in [1.165, 1.54) is 23.1 Å². The first-order valence-corrected chi connectivity index (χ1v) is 10.0. The van der Waals surface area contributed by atoms with E-state index < -0.39 is 0 Å². The Hall–Kier alpha value is -2.38. The van der Waals surface area contributed by atoms with Crippen LogP contribution >= 0.6 is 23.1 Å². The number of nitrogens with zero attached hydrogens (tertiary/aromatic N) is 2. The number of carbonyl (C=O) groups is 1. The molecule has 0 aliphatic carbocycles. The molecule has 0 saturated carbocycles. The molecule has 0 fully saturated rings. The fourth-order valence-electron chi connectivity index (χ4n) is 2.56. The zero-order valence-corrected chi connectivity index (χ0v) is 16.0. The van der Waals surface area contributed by atoms with E-state index in [-0.39, 0.29) is 23.3 Å². The highest BCUT2D eigenvalue weighted by molar-refractivity contribution is 7.99. The van der Waals surface area contributed by atoms with Gasteiger partial charge >= 0.3 is 0 Å². The van der Waals surface area contributed by atoms with E-state index in [0.717, 1.165) is 5.56 Å². The monoisotopic (exact) mass is 385 g/mol. The van der Waals surface area contributed by atoms with Gasteiger partial charge in [-0.15, -0.1) is 17.9 Å². The second-order valence-electron chi connectivity index (χ2n) is 5.72. The molecule has 134 valence electrons. The standard InChI is InChI=1S/C19H19N3O2S2/c1-3-10-22-18(24)17-15(9-11-25-17)21-19(22)26-12-16(23)20-13(2)14-7-5-4-6-8-14/h3-9,11,13H,1,10,12H2,2H3,(H,20,23)/t13-/m0/s1. The zero-order valence-electron chi connectivity index (χ0n) is 14.3. The van der Waals surface area contributed by atoms with E-state index in [0.29, 0.717) is 21.9 Å². The number of thiophene rings is 1. The average Bonchev–Trinajstić information content (AvgIpc) is 3.12. The molecule has 0 saturated heterocycles. The molecule has 7 heteroatoms. The highest BCUT2D eigenvalue weighted by atomic mass is 32.2. The van der Waals surface area contributed by atoms with Crippen LogP contribution in [0.15, 0.2) is 64.4 Å². The Morgan fingerprint density at radius 2 is 2.15 bits per heavy atom. The van der Waals surface area contributed by atoms with E-state index in [4.69, 9.17) is 0 Å². The summed E-state index contributed by atoms with van der Waals surface area (Å²) >= 11 is 2.64. The molecule has 1 aromatic carbocycles. The molecule has 1 atom stereocenters. The van der Waals surface area contributed by atoms with Gasteiger partial charge in [-0.05, 0) is 23.9 Å². The van der Waals surface area contributed by atoms with Crippen LogP contribution in [0.4, 0.5) is 0 Å². The number of benzene rings is 1. The number of amides is 1. The molecule has 1 N–H and O–H groups in total. The fraction of sp³-hybridized carbons (Fsp3) is 0.211. The van der Waals surface area contributed by atoms with Crippen LogP contribution in [0.25, 0.3) is 10.2 Å². The Morgan fingerprint density at radius 3 is 2.88 bits per heavy atom. The van der Waals surface area contributed by atoms with E-state index in [1.807, 2.05) is 48.7 Å². The summed E-state index contributed by atoms with van der Waals surface area (Å²) in [5, 5.41) is 5.35. The van der Waals surface area contributed by atoms with Gasteiger partial charge < -0.3 is 5.32 Å². The van der Waals surface area contributed by atoms with Crippen molar-refractivity contribution in [3.05, 3.63) is 70.4 Å². The third-order valence-corrected chi connectivity index (χ3v) is 5.72. The van der Waals surface area contributed by atoms with E-state index in [2.05, 4.69) is 16.9 Å². The van der Waals surface area contributed by atoms with Crippen molar-refractivity contribution in [1.82, 2.24) is 14.9 Å². The van der Waals surface area contributed by atoms with Gasteiger partial charge in [0.2, 0.25) is 5.91 Å². The number of rotatable bonds is 7. The average molecular weight is 386 g/mol. The SMILES string of the molecule is C=CCn1c(SCC(=O)N[C@@H](C)c2ccccc2)nc2ccsc2c1=O. The first kappa shape index (κ1) is 18.4. The maximum Gasteiger partial charge on any atom is 0.272 e. The van der Waals surface area contributed by atoms with Gasteiger partial charge in [0.15, 0.2) is 5.16 Å². The Morgan fingerprint density at radius 1 is 1.38 bits per heavy atom. The van der Waals surface area contributed by atoms with Gasteiger partial charge in [0.25, 0.3) is 5.56 Å². The summed E-state index contributed by atoms with van der Waals surface area (Å²) in [5.41, 5.74) is 1.62. The maximum atomic E-state index is 12.6. The van der Waals surface area contributed by atoms with Crippen molar-refractivity contribution < 1.29 is 4.79 Å². The van der Waals surface area contributed by atoms with Crippen LogP contribution in [0.2, 0.25) is 0 Å². The minimum atomic E-state index is -0.101. The van der Waals surface area contributed by atoms with E-state index in [9.17, 15) is 9.59 Å². The van der Waals surface area contributed by atoms with Crippen molar-refractivity contribution in [2.45, 2.75) is 24.7 Å². The molecule has 0 aliphatic heterocycles. The van der Waals surface area contributed by atoms with Crippen molar-refractivity contribution in [3.63, 3.8) is 0 Å². The molecule has 3 aromatic rings. The second-order valence-corrected chi connectivity index (χ2v) is 7.58. The van der Waals surface area contributed by atoms with Crippen molar-refractivity contribution in [3.8, 4) is 0 Å². The zero-order chi connectivity index (χ0) is 18.5. The third kappa shape index (κ3) is 4.05. The smallest absolute Gasteiger partial charge is 0.272 e. The van der Waals surface area contributed by atoms with Crippen LogP contribution in [-0.4, -0.2) is 21.2 Å². The number of allylic oxidation sites excluding steroid dienone is 1. The number of aromatic nitrogens is 2. The molecule has 1 amide bonds. The van der Waals surface area contributed by atoms with Gasteiger partial charge in [0.1, 0.15) is 4.70 Å². The van der Waals surface area contributed by atoms with E-state index >= 15 is 0 Å². The van der Waals surface area contributed by atoms with Crippen LogP contribution in [0.5, 0.6) is 0 Å². The summed E-state index contributed by atoms with van der Waals surface area (Å²) in [6, 6.07) is 11.5. The highest BCUT2D eigenvalue weighted by Crippen LogP contribution is 2.21. The minimum Gasteiger partial charge on any atom is -0.349 e. The minimum absolute atomic E-state index is 0.0769. The van der Waals surface area contributed by atoms with E-state index in [1.54, 1.807) is 10.6 Å². The molecule has 3 rings (SSSR count). The number of hydrogen-bond acceptors (Lipinski definition) is 5.